The highest BCUT2D eigenvalue weighted by Crippen LogP contribution is 2.36. The third-order valence-electron chi connectivity index (χ3n) is 5.01. The smallest absolute Gasteiger partial charge is 0.0686 e. The molecule has 0 atom stereocenters. The fourth-order valence-electron chi connectivity index (χ4n) is 4.51. The van der Waals surface area contributed by atoms with Crippen molar-refractivity contribution in [2.24, 2.45) is 0 Å². The molecule has 0 aromatic rings. The Hall–Kier alpha value is -0.0800. The molecule has 0 unspecified atom stereocenters. The molecule has 126 valence electrons. The van der Waals surface area contributed by atoms with Gasteiger partial charge in [-0.3, -0.25) is 9.80 Å². The van der Waals surface area contributed by atoms with Crippen molar-refractivity contribution in [3.8, 4) is 0 Å². The maximum Gasteiger partial charge on any atom is 0.0686 e. The van der Waals surface area contributed by atoms with Crippen LogP contribution in [0.1, 0.15) is 93.4 Å². The first kappa shape index (κ1) is 19.0. The lowest BCUT2D eigenvalue weighted by Gasteiger charge is -2.56. The van der Waals surface area contributed by atoms with Crippen LogP contribution < -0.4 is 0 Å². The molecule has 0 aromatic heterocycles. The summed E-state index contributed by atoms with van der Waals surface area (Å²) in [6.07, 6.45) is 9.50. The normalized spacial score (nSPS) is 18.7. The van der Waals surface area contributed by atoms with E-state index in [9.17, 15) is 0 Å². The molecule has 0 saturated heterocycles. The van der Waals surface area contributed by atoms with Gasteiger partial charge in [0.05, 0.1) is 5.66 Å². The van der Waals surface area contributed by atoms with E-state index in [1.165, 1.54) is 58.0 Å². The van der Waals surface area contributed by atoms with E-state index in [4.69, 9.17) is 0 Å². The van der Waals surface area contributed by atoms with E-state index < -0.39 is 0 Å². The Balaban J connectivity index is 3.02. The van der Waals surface area contributed by atoms with Crippen molar-refractivity contribution in [1.82, 2.24) is 9.80 Å². The Bertz CT molecular complexity index is 278. The summed E-state index contributed by atoms with van der Waals surface area (Å²) in [6.45, 7) is 19.1. The van der Waals surface area contributed by atoms with E-state index in [1.807, 2.05) is 0 Å². The second kappa shape index (κ2) is 7.97. The molecule has 1 saturated carbocycles. The first-order valence-corrected chi connectivity index (χ1v) is 9.29. The summed E-state index contributed by atoms with van der Waals surface area (Å²) in [4.78, 5) is 5.55. The fraction of sp³-hybridized carbons (Fsp3) is 1.00. The summed E-state index contributed by atoms with van der Waals surface area (Å²) in [6, 6.07) is 0.755. The van der Waals surface area contributed by atoms with Gasteiger partial charge in [0.25, 0.3) is 0 Å². The van der Waals surface area contributed by atoms with Crippen molar-refractivity contribution < 1.29 is 0 Å². The molecule has 1 rings (SSSR count). The Morgan fingerprint density at radius 3 is 1.67 bits per heavy atom. The molecule has 0 radical (unpaired) electrons. The highest BCUT2D eigenvalue weighted by molar-refractivity contribution is 4.95. The van der Waals surface area contributed by atoms with Crippen molar-refractivity contribution >= 4 is 0 Å². The molecule has 2 heteroatoms. The van der Waals surface area contributed by atoms with Crippen LogP contribution in [0.5, 0.6) is 0 Å². The summed E-state index contributed by atoms with van der Waals surface area (Å²) in [5.41, 5.74) is 0.373. The fourth-order valence-corrected chi connectivity index (χ4v) is 4.51. The SMILES string of the molecule is CCCN(CCC)C(C)(C)N(C1CCCCC1)C(C)(C)C. The van der Waals surface area contributed by atoms with Crippen LogP contribution in [0, 0.1) is 0 Å². The predicted molar refractivity (Wildman–Crippen MR) is 94.7 cm³/mol. The van der Waals surface area contributed by atoms with Crippen molar-refractivity contribution in [1.29, 1.82) is 0 Å². The van der Waals surface area contributed by atoms with Gasteiger partial charge in [0.2, 0.25) is 0 Å². The van der Waals surface area contributed by atoms with Crippen LogP contribution in [-0.4, -0.2) is 40.1 Å². The van der Waals surface area contributed by atoms with Crippen LogP contribution in [0.3, 0.4) is 0 Å². The van der Waals surface area contributed by atoms with Crippen LogP contribution in [-0.2, 0) is 0 Å². The molecular weight excluding hydrogens is 256 g/mol. The van der Waals surface area contributed by atoms with Crippen molar-refractivity contribution in [2.45, 2.75) is 111 Å². The van der Waals surface area contributed by atoms with E-state index in [1.54, 1.807) is 0 Å². The first-order chi connectivity index (χ1) is 9.75. The Morgan fingerprint density at radius 1 is 0.810 bits per heavy atom. The quantitative estimate of drug-likeness (QED) is 0.590. The van der Waals surface area contributed by atoms with E-state index in [0.717, 1.165) is 6.04 Å². The van der Waals surface area contributed by atoms with E-state index in [0.29, 0.717) is 0 Å². The zero-order chi connectivity index (χ0) is 16.1. The molecule has 0 bridgehead atoms. The van der Waals surface area contributed by atoms with Gasteiger partial charge in [-0.15, -0.1) is 0 Å². The summed E-state index contributed by atoms with van der Waals surface area (Å²) in [5.74, 6) is 0. The predicted octanol–water partition coefficient (Wildman–Crippen LogP) is 5.28. The molecule has 0 N–H and O–H groups in total. The minimum atomic E-state index is 0.145. The molecule has 0 aliphatic heterocycles. The molecule has 1 fully saturated rings. The van der Waals surface area contributed by atoms with Gasteiger partial charge in [0.15, 0.2) is 0 Å². The van der Waals surface area contributed by atoms with E-state index in [2.05, 4.69) is 58.3 Å². The Morgan fingerprint density at radius 2 is 1.29 bits per heavy atom. The van der Waals surface area contributed by atoms with Gasteiger partial charge in [-0.05, 0) is 73.4 Å². The standard InChI is InChI=1S/C19H40N2/c1-8-15-20(16-9-2)19(6,7)21(18(3,4)5)17-13-11-10-12-14-17/h17H,8-16H2,1-7H3. The number of hydrogen-bond acceptors (Lipinski definition) is 2. The Labute approximate surface area is 134 Å². The number of rotatable bonds is 7. The zero-order valence-corrected chi connectivity index (χ0v) is 15.8. The summed E-state index contributed by atoms with van der Waals surface area (Å²) < 4.78 is 0. The molecule has 0 amide bonds. The molecule has 0 aromatic carbocycles. The van der Waals surface area contributed by atoms with Gasteiger partial charge in [-0.25, -0.2) is 0 Å². The van der Waals surface area contributed by atoms with Crippen LogP contribution in [0.15, 0.2) is 0 Å². The van der Waals surface area contributed by atoms with E-state index in [-0.39, 0.29) is 11.2 Å². The minimum absolute atomic E-state index is 0.145. The topological polar surface area (TPSA) is 6.48 Å². The maximum atomic E-state index is 2.84. The monoisotopic (exact) mass is 296 g/mol. The van der Waals surface area contributed by atoms with Crippen molar-refractivity contribution in [2.75, 3.05) is 13.1 Å². The van der Waals surface area contributed by atoms with Crippen LogP contribution in [0.4, 0.5) is 0 Å². The van der Waals surface area contributed by atoms with Gasteiger partial charge in [-0.1, -0.05) is 33.1 Å². The highest BCUT2D eigenvalue weighted by atomic mass is 15.4. The summed E-state index contributed by atoms with van der Waals surface area (Å²) in [5, 5.41) is 0. The van der Waals surface area contributed by atoms with Crippen LogP contribution in [0.25, 0.3) is 0 Å². The third kappa shape index (κ3) is 4.96. The van der Waals surface area contributed by atoms with Gasteiger partial charge in [0.1, 0.15) is 0 Å². The molecule has 0 heterocycles. The van der Waals surface area contributed by atoms with Gasteiger partial charge < -0.3 is 0 Å². The molecule has 0 spiro atoms. The second-order valence-corrected chi connectivity index (χ2v) is 8.31. The highest BCUT2D eigenvalue weighted by Gasteiger charge is 2.42. The molecule has 21 heavy (non-hydrogen) atoms. The number of hydrogen-bond donors (Lipinski definition) is 0. The molecular formula is C19H40N2. The Kier molecular flexibility index (Phi) is 7.19. The third-order valence-corrected chi connectivity index (χ3v) is 5.01. The molecule has 2 nitrogen and oxygen atoms in total. The summed E-state index contributed by atoms with van der Waals surface area (Å²) >= 11 is 0. The lowest BCUT2D eigenvalue weighted by atomic mass is 9.87. The first-order valence-electron chi connectivity index (χ1n) is 9.29. The average molecular weight is 297 g/mol. The zero-order valence-electron chi connectivity index (χ0n) is 15.8. The van der Waals surface area contributed by atoms with E-state index >= 15 is 0 Å². The van der Waals surface area contributed by atoms with Gasteiger partial charge in [0, 0.05) is 11.6 Å². The lowest BCUT2D eigenvalue weighted by molar-refractivity contribution is -0.114. The average Bonchev–Trinajstić information content (AvgIpc) is 2.37. The molecule has 1 aliphatic carbocycles. The lowest BCUT2D eigenvalue weighted by Crippen LogP contribution is -2.66. The largest absolute Gasteiger partial charge is 0.286 e. The molecule has 1 aliphatic rings. The van der Waals surface area contributed by atoms with Crippen LogP contribution >= 0.6 is 0 Å². The van der Waals surface area contributed by atoms with Gasteiger partial charge >= 0.3 is 0 Å². The summed E-state index contributed by atoms with van der Waals surface area (Å²) in [7, 11) is 0. The second-order valence-electron chi connectivity index (χ2n) is 8.31. The van der Waals surface area contributed by atoms with Crippen LogP contribution in [0.2, 0.25) is 0 Å². The minimum Gasteiger partial charge on any atom is -0.286 e. The van der Waals surface area contributed by atoms with Crippen molar-refractivity contribution in [3.63, 3.8) is 0 Å². The van der Waals surface area contributed by atoms with Crippen molar-refractivity contribution in [3.05, 3.63) is 0 Å². The maximum absolute atomic E-state index is 2.84. The number of nitrogens with zero attached hydrogens (tertiary/aromatic N) is 2. The van der Waals surface area contributed by atoms with Gasteiger partial charge in [-0.2, -0.15) is 0 Å².